The highest BCUT2D eigenvalue weighted by Crippen LogP contribution is 2.46. The van der Waals surface area contributed by atoms with Gasteiger partial charge < -0.3 is 24.3 Å². The third-order valence-corrected chi connectivity index (χ3v) is 7.16. The maximum absolute atomic E-state index is 11.4. The Bertz CT molecular complexity index is 1520. The molecule has 4 aromatic rings. The largest absolute Gasteiger partial charge is 0.495 e. The predicted octanol–water partition coefficient (Wildman–Crippen LogP) is 5.59. The quantitative estimate of drug-likeness (QED) is 0.188. The minimum absolute atomic E-state index is 0.0313. The van der Waals surface area contributed by atoms with Gasteiger partial charge in [-0.3, -0.25) is 15.1 Å². The highest BCUT2D eigenvalue weighted by Gasteiger charge is 2.43. The number of nitro benzene ring substituents is 1. The molecule has 0 bridgehead atoms. The fraction of sp³-hybridized carbons (Fsp3) is 0.214. The molecule has 9 nitrogen and oxygen atoms in total. The number of non-ortho nitro benzene ring substituents is 1. The Labute approximate surface area is 225 Å². The third-order valence-electron chi connectivity index (χ3n) is 6.85. The summed E-state index contributed by atoms with van der Waals surface area (Å²) in [5, 5.41) is 15.4. The van der Waals surface area contributed by atoms with Gasteiger partial charge in [-0.25, -0.2) is 0 Å². The molecule has 2 aromatic carbocycles. The average Bonchev–Trinajstić information content (AvgIpc) is 3.43. The molecule has 0 aliphatic carbocycles. The van der Waals surface area contributed by atoms with Crippen LogP contribution in [0.3, 0.4) is 0 Å². The van der Waals surface area contributed by atoms with E-state index in [0.717, 1.165) is 28.3 Å². The van der Waals surface area contributed by atoms with Crippen molar-refractivity contribution in [1.82, 2.24) is 14.9 Å². The summed E-state index contributed by atoms with van der Waals surface area (Å²) in [7, 11) is 3.15. The van der Waals surface area contributed by atoms with Crippen LogP contribution >= 0.6 is 12.2 Å². The van der Waals surface area contributed by atoms with Crippen molar-refractivity contribution < 1.29 is 14.4 Å². The van der Waals surface area contributed by atoms with E-state index in [1.165, 1.54) is 19.2 Å². The fourth-order valence-electron chi connectivity index (χ4n) is 5.18. The van der Waals surface area contributed by atoms with Crippen LogP contribution in [0.5, 0.6) is 11.5 Å². The van der Waals surface area contributed by atoms with Gasteiger partial charge in [-0.2, -0.15) is 0 Å². The monoisotopic (exact) mass is 529 g/mol. The predicted molar refractivity (Wildman–Crippen MR) is 149 cm³/mol. The van der Waals surface area contributed by atoms with Crippen LogP contribution in [0, 0.1) is 24.0 Å². The topological polar surface area (TPSA) is 94.7 Å². The van der Waals surface area contributed by atoms with Gasteiger partial charge in [-0.05, 0) is 68.0 Å². The first-order valence-electron chi connectivity index (χ1n) is 12.0. The average molecular weight is 530 g/mol. The van der Waals surface area contributed by atoms with Crippen molar-refractivity contribution in [3.8, 4) is 17.2 Å². The van der Waals surface area contributed by atoms with E-state index in [1.54, 1.807) is 19.4 Å². The molecule has 2 atom stereocenters. The standard InChI is InChI=1S/C28H27N5O4S/c1-17-15-20(18(2)31(17)23-13-12-19(33(34)35)16-25(23)37-4)27-26(21-9-7-8-14-29-21)30-28(38)32(27)22-10-5-6-11-24(22)36-3/h5-16,26-27H,1-4H3,(H,30,38)/t26-,27-/m0/s1. The molecule has 194 valence electrons. The maximum atomic E-state index is 11.4. The highest BCUT2D eigenvalue weighted by molar-refractivity contribution is 7.80. The summed E-state index contributed by atoms with van der Waals surface area (Å²) < 4.78 is 13.3. The van der Waals surface area contributed by atoms with Crippen molar-refractivity contribution in [3.05, 3.63) is 106 Å². The zero-order chi connectivity index (χ0) is 27.0. The Hall–Kier alpha value is -4.44. The van der Waals surface area contributed by atoms with Gasteiger partial charge in [0.25, 0.3) is 5.69 Å². The van der Waals surface area contributed by atoms with Gasteiger partial charge in [0.2, 0.25) is 0 Å². The number of methoxy groups -OCH3 is 2. The van der Waals surface area contributed by atoms with Crippen molar-refractivity contribution >= 4 is 28.7 Å². The summed E-state index contributed by atoms with van der Waals surface area (Å²) in [6, 6.07) is 19.9. The number of para-hydroxylation sites is 2. The molecule has 1 aliphatic heterocycles. The second-order valence-electron chi connectivity index (χ2n) is 8.94. The molecule has 38 heavy (non-hydrogen) atoms. The Morgan fingerprint density at radius 2 is 1.71 bits per heavy atom. The SMILES string of the molecule is COc1ccccc1N1C(=S)N[C@@H](c2ccccn2)[C@@H]1c1cc(C)n(-c2ccc([N+](=O)[O-])cc2OC)c1C. The van der Waals surface area contributed by atoms with Crippen molar-refractivity contribution in [2.45, 2.75) is 25.9 Å². The summed E-state index contributed by atoms with van der Waals surface area (Å²) in [5.41, 5.74) is 5.30. The number of hydrogen-bond acceptors (Lipinski definition) is 6. The third kappa shape index (κ3) is 4.22. The second kappa shape index (κ2) is 10.1. The molecule has 0 spiro atoms. The van der Waals surface area contributed by atoms with Crippen LogP contribution in [0.1, 0.15) is 34.7 Å². The minimum atomic E-state index is -0.430. The van der Waals surface area contributed by atoms with E-state index in [4.69, 9.17) is 21.7 Å². The van der Waals surface area contributed by atoms with E-state index >= 15 is 0 Å². The van der Waals surface area contributed by atoms with Crippen molar-refractivity contribution in [1.29, 1.82) is 0 Å². The molecule has 2 aromatic heterocycles. The first-order chi connectivity index (χ1) is 18.3. The Kier molecular flexibility index (Phi) is 6.73. The van der Waals surface area contributed by atoms with Crippen molar-refractivity contribution in [2.75, 3.05) is 19.1 Å². The van der Waals surface area contributed by atoms with Crippen LogP contribution in [0.25, 0.3) is 5.69 Å². The zero-order valence-electron chi connectivity index (χ0n) is 21.4. The molecule has 0 unspecified atom stereocenters. The normalized spacial score (nSPS) is 16.8. The molecule has 1 fully saturated rings. The molecule has 0 saturated carbocycles. The number of ether oxygens (including phenoxy) is 2. The lowest BCUT2D eigenvalue weighted by Crippen LogP contribution is -2.30. The first kappa shape index (κ1) is 25.2. The lowest BCUT2D eigenvalue weighted by Gasteiger charge is -2.29. The van der Waals surface area contributed by atoms with E-state index in [0.29, 0.717) is 22.3 Å². The lowest BCUT2D eigenvalue weighted by molar-refractivity contribution is -0.384. The number of nitrogens with one attached hydrogen (secondary N) is 1. The number of thiocarbonyl (C=S) groups is 1. The molecule has 1 saturated heterocycles. The number of aryl methyl sites for hydroxylation is 1. The van der Waals surface area contributed by atoms with Gasteiger partial charge >= 0.3 is 0 Å². The molecule has 3 heterocycles. The van der Waals surface area contributed by atoms with Gasteiger partial charge in [-0.1, -0.05) is 18.2 Å². The Morgan fingerprint density at radius 3 is 2.39 bits per heavy atom. The van der Waals surface area contributed by atoms with Crippen molar-refractivity contribution in [2.24, 2.45) is 0 Å². The number of benzene rings is 2. The van der Waals surface area contributed by atoms with Crippen LogP contribution in [0.2, 0.25) is 0 Å². The van der Waals surface area contributed by atoms with Crippen LogP contribution in [0.15, 0.2) is 72.9 Å². The van der Waals surface area contributed by atoms with E-state index in [-0.39, 0.29) is 17.8 Å². The fourth-order valence-corrected chi connectivity index (χ4v) is 5.52. The molecule has 0 radical (unpaired) electrons. The Morgan fingerprint density at radius 1 is 0.974 bits per heavy atom. The highest BCUT2D eigenvalue weighted by atomic mass is 32.1. The summed E-state index contributed by atoms with van der Waals surface area (Å²) in [5.74, 6) is 1.12. The van der Waals surface area contributed by atoms with Crippen LogP contribution < -0.4 is 19.7 Å². The molecule has 5 rings (SSSR count). The molecule has 10 heteroatoms. The number of hydrogen-bond donors (Lipinski definition) is 1. The van der Waals surface area contributed by atoms with Gasteiger partial charge in [0.1, 0.15) is 11.5 Å². The van der Waals surface area contributed by atoms with Crippen LogP contribution in [-0.2, 0) is 0 Å². The number of nitro groups is 1. The molecular formula is C28H27N5O4S. The van der Waals surface area contributed by atoms with E-state index in [2.05, 4.69) is 25.8 Å². The molecule has 0 amide bonds. The summed E-state index contributed by atoms with van der Waals surface area (Å²) in [6.45, 7) is 4.03. The smallest absolute Gasteiger partial charge is 0.273 e. The number of rotatable bonds is 7. The summed E-state index contributed by atoms with van der Waals surface area (Å²) in [4.78, 5) is 17.6. The van der Waals surface area contributed by atoms with Gasteiger partial charge in [0, 0.05) is 23.7 Å². The van der Waals surface area contributed by atoms with Crippen LogP contribution in [0.4, 0.5) is 11.4 Å². The second-order valence-corrected chi connectivity index (χ2v) is 9.33. The van der Waals surface area contributed by atoms with Gasteiger partial charge in [-0.15, -0.1) is 0 Å². The molecule has 1 N–H and O–H groups in total. The Balaban J connectivity index is 1.70. The summed E-state index contributed by atoms with van der Waals surface area (Å²) in [6.07, 6.45) is 1.77. The van der Waals surface area contributed by atoms with Crippen molar-refractivity contribution in [3.63, 3.8) is 0 Å². The number of anilines is 1. The summed E-state index contributed by atoms with van der Waals surface area (Å²) >= 11 is 5.88. The lowest BCUT2D eigenvalue weighted by atomic mass is 9.96. The van der Waals surface area contributed by atoms with Gasteiger partial charge in [0.15, 0.2) is 5.11 Å². The number of pyridine rings is 1. The first-order valence-corrected chi connectivity index (χ1v) is 12.4. The maximum Gasteiger partial charge on any atom is 0.273 e. The zero-order valence-corrected chi connectivity index (χ0v) is 22.2. The van der Waals surface area contributed by atoms with E-state index in [1.807, 2.05) is 56.3 Å². The van der Waals surface area contributed by atoms with E-state index < -0.39 is 4.92 Å². The number of aromatic nitrogens is 2. The molecule has 1 aliphatic rings. The molecular weight excluding hydrogens is 502 g/mol. The van der Waals surface area contributed by atoms with Crippen LogP contribution in [-0.4, -0.2) is 33.8 Å². The minimum Gasteiger partial charge on any atom is -0.495 e. The van der Waals surface area contributed by atoms with Gasteiger partial charge in [0.05, 0.1) is 54.4 Å². The van der Waals surface area contributed by atoms with E-state index in [9.17, 15) is 10.1 Å². The number of nitrogens with zero attached hydrogens (tertiary/aromatic N) is 4.